The van der Waals surface area contributed by atoms with Gasteiger partial charge in [0.05, 0.1) is 0 Å². The molecule has 0 atom stereocenters. The van der Waals surface area contributed by atoms with Crippen molar-refractivity contribution < 1.29 is 8.85 Å². The van der Waals surface area contributed by atoms with Crippen LogP contribution in [0.4, 0.5) is 0 Å². The first-order valence-electron chi connectivity index (χ1n) is 3.66. The van der Waals surface area contributed by atoms with E-state index >= 15 is 0 Å². The van der Waals surface area contributed by atoms with Crippen molar-refractivity contribution in [1.82, 2.24) is 0 Å². The molecule has 11 heavy (non-hydrogen) atoms. The molecule has 0 aromatic carbocycles. The van der Waals surface area contributed by atoms with E-state index in [1.807, 2.05) is 0 Å². The van der Waals surface area contributed by atoms with Gasteiger partial charge >= 0.3 is 8.56 Å². The largest absolute Gasteiger partial charge is 0.398 e. The molecular weight excluding hydrogens is 178 g/mol. The second-order valence-corrected chi connectivity index (χ2v) is 6.42. The highest BCUT2D eigenvalue weighted by atomic mass is 32.1. The molecule has 0 aliphatic heterocycles. The van der Waals surface area contributed by atoms with Gasteiger partial charge in [0.15, 0.2) is 0 Å². The molecule has 0 aromatic heterocycles. The van der Waals surface area contributed by atoms with Gasteiger partial charge in [-0.2, -0.15) is 12.6 Å². The Morgan fingerprint density at radius 3 is 2.09 bits per heavy atom. The average Bonchev–Trinajstić information content (AvgIpc) is 2.04. The van der Waals surface area contributed by atoms with E-state index in [-0.39, 0.29) is 0 Å². The summed E-state index contributed by atoms with van der Waals surface area (Å²) in [6.07, 6.45) is 0. The van der Waals surface area contributed by atoms with Gasteiger partial charge in [0.25, 0.3) is 0 Å². The van der Waals surface area contributed by atoms with E-state index in [9.17, 15) is 0 Å². The van der Waals surface area contributed by atoms with Gasteiger partial charge < -0.3 is 14.6 Å². The molecule has 0 bridgehead atoms. The molecule has 68 valence electrons. The predicted molar refractivity (Wildman–Crippen MR) is 52.3 cm³/mol. The maximum Gasteiger partial charge on any atom is 0.339 e. The molecule has 0 heterocycles. The predicted octanol–water partition coefficient (Wildman–Crippen LogP) is 0.610. The molecule has 5 heteroatoms. The topological polar surface area (TPSA) is 44.5 Å². The third-order valence-corrected chi connectivity index (χ3v) is 5.96. The van der Waals surface area contributed by atoms with Gasteiger partial charge in [0.2, 0.25) is 0 Å². The molecule has 0 spiro atoms. The van der Waals surface area contributed by atoms with Crippen LogP contribution in [0.15, 0.2) is 0 Å². The van der Waals surface area contributed by atoms with Crippen LogP contribution in [0.5, 0.6) is 0 Å². The third-order valence-electron chi connectivity index (χ3n) is 1.76. The van der Waals surface area contributed by atoms with Gasteiger partial charge in [-0.3, -0.25) is 0 Å². The Labute approximate surface area is 74.9 Å². The fourth-order valence-corrected chi connectivity index (χ4v) is 4.04. The molecule has 0 rings (SSSR count). The van der Waals surface area contributed by atoms with Gasteiger partial charge in [-0.1, -0.05) is 0 Å². The molecule has 2 N–H and O–H groups in total. The Morgan fingerprint density at radius 2 is 1.82 bits per heavy atom. The normalized spacial score (nSPS) is 12.0. The van der Waals surface area contributed by atoms with Crippen LogP contribution >= 0.6 is 12.6 Å². The summed E-state index contributed by atoms with van der Waals surface area (Å²) in [7, 11) is 1.43. The highest BCUT2D eigenvalue weighted by molar-refractivity contribution is 7.80. The number of hydrogen-bond acceptors (Lipinski definition) is 4. The van der Waals surface area contributed by atoms with Gasteiger partial charge in [-0.05, 0) is 18.3 Å². The monoisotopic (exact) mass is 195 g/mol. The Kier molecular flexibility index (Phi) is 6.26. The van der Waals surface area contributed by atoms with Gasteiger partial charge in [-0.15, -0.1) is 0 Å². The van der Waals surface area contributed by atoms with Crippen LogP contribution < -0.4 is 5.73 Å². The molecule has 0 aromatic rings. The fraction of sp³-hybridized carbons (Fsp3) is 1.00. The van der Waals surface area contributed by atoms with Crippen LogP contribution in [0.3, 0.4) is 0 Å². The summed E-state index contributed by atoms with van der Waals surface area (Å²) in [6, 6.07) is 1.75. The standard InChI is InChI=1S/C6H17NO2SSi/c1-8-11(9-2,5-3-7)6-4-10/h10H,3-7H2,1-2H3. The Bertz CT molecular complexity index is 92.6. The molecule has 3 nitrogen and oxygen atoms in total. The highest BCUT2D eigenvalue weighted by Crippen LogP contribution is 2.16. The number of nitrogens with two attached hydrogens (primary N) is 1. The van der Waals surface area contributed by atoms with Crippen LogP contribution in [0.25, 0.3) is 0 Å². The van der Waals surface area contributed by atoms with Crippen molar-refractivity contribution >= 4 is 21.2 Å². The maximum atomic E-state index is 5.45. The summed E-state index contributed by atoms with van der Waals surface area (Å²) in [5.74, 6) is 0.800. The van der Waals surface area contributed by atoms with Crippen LogP contribution in [0.1, 0.15) is 0 Å². The molecule has 0 fully saturated rings. The Balaban J connectivity index is 3.96. The Morgan fingerprint density at radius 1 is 1.27 bits per heavy atom. The van der Waals surface area contributed by atoms with E-state index in [0.717, 1.165) is 17.8 Å². The second kappa shape index (κ2) is 6.02. The minimum Gasteiger partial charge on any atom is -0.398 e. The zero-order chi connectivity index (χ0) is 8.74. The zero-order valence-electron chi connectivity index (χ0n) is 7.17. The summed E-state index contributed by atoms with van der Waals surface area (Å²) < 4.78 is 10.7. The number of rotatable bonds is 6. The van der Waals surface area contributed by atoms with Crippen molar-refractivity contribution in [3.8, 4) is 0 Å². The quantitative estimate of drug-likeness (QED) is 0.482. The van der Waals surface area contributed by atoms with E-state index in [1.54, 1.807) is 14.2 Å². The molecule has 0 saturated heterocycles. The van der Waals surface area contributed by atoms with Crippen molar-refractivity contribution in [3.05, 3.63) is 0 Å². The minimum absolute atomic E-state index is 0.627. The van der Waals surface area contributed by atoms with Crippen molar-refractivity contribution in [3.63, 3.8) is 0 Å². The molecule has 0 aliphatic carbocycles. The summed E-state index contributed by atoms with van der Waals surface area (Å²) in [4.78, 5) is 0. The molecule has 0 saturated carbocycles. The van der Waals surface area contributed by atoms with E-state index in [4.69, 9.17) is 14.6 Å². The summed E-state index contributed by atoms with van der Waals surface area (Å²) in [6.45, 7) is 0.627. The number of hydrogen-bond donors (Lipinski definition) is 2. The first-order chi connectivity index (χ1) is 5.24. The van der Waals surface area contributed by atoms with Crippen molar-refractivity contribution in [2.75, 3.05) is 26.5 Å². The van der Waals surface area contributed by atoms with E-state index in [1.165, 1.54) is 0 Å². The molecule has 0 aliphatic rings. The van der Waals surface area contributed by atoms with Crippen LogP contribution in [-0.2, 0) is 8.85 Å². The molecule has 0 unspecified atom stereocenters. The van der Waals surface area contributed by atoms with E-state index in [2.05, 4.69) is 12.6 Å². The average molecular weight is 195 g/mol. The van der Waals surface area contributed by atoms with Crippen molar-refractivity contribution in [2.24, 2.45) is 5.73 Å². The fourth-order valence-electron chi connectivity index (χ4n) is 1.01. The lowest BCUT2D eigenvalue weighted by molar-refractivity contribution is 0.244. The first kappa shape index (κ1) is 11.4. The lowest BCUT2D eigenvalue weighted by Crippen LogP contribution is -2.42. The summed E-state index contributed by atoms with van der Waals surface area (Å²) in [5.41, 5.74) is 5.45. The smallest absolute Gasteiger partial charge is 0.339 e. The van der Waals surface area contributed by atoms with E-state index in [0.29, 0.717) is 6.54 Å². The van der Waals surface area contributed by atoms with Crippen LogP contribution in [0, 0.1) is 0 Å². The molecular formula is C6H17NO2SSi. The van der Waals surface area contributed by atoms with Gasteiger partial charge in [-0.25, -0.2) is 0 Å². The third kappa shape index (κ3) is 3.57. The summed E-state index contributed by atoms with van der Waals surface area (Å²) >= 11 is 4.15. The maximum absolute atomic E-state index is 5.45. The Hall–Kier alpha value is 0.447. The second-order valence-electron chi connectivity index (χ2n) is 2.33. The minimum atomic E-state index is -1.94. The van der Waals surface area contributed by atoms with Gasteiger partial charge in [0, 0.05) is 20.3 Å². The first-order valence-corrected chi connectivity index (χ1v) is 6.52. The SMILES string of the molecule is CO[Si](CCN)(CCS)OC. The van der Waals surface area contributed by atoms with Crippen LogP contribution in [-0.4, -0.2) is 35.1 Å². The van der Waals surface area contributed by atoms with E-state index < -0.39 is 8.56 Å². The number of thiol groups is 1. The lowest BCUT2D eigenvalue weighted by Gasteiger charge is -2.25. The van der Waals surface area contributed by atoms with Crippen molar-refractivity contribution in [1.29, 1.82) is 0 Å². The highest BCUT2D eigenvalue weighted by Gasteiger charge is 2.33. The zero-order valence-corrected chi connectivity index (χ0v) is 9.06. The molecule has 0 amide bonds. The van der Waals surface area contributed by atoms with Gasteiger partial charge in [0.1, 0.15) is 0 Å². The van der Waals surface area contributed by atoms with Crippen LogP contribution in [0.2, 0.25) is 12.1 Å². The van der Waals surface area contributed by atoms with Crippen molar-refractivity contribution in [2.45, 2.75) is 12.1 Å². The lowest BCUT2D eigenvalue weighted by atomic mass is 10.8. The summed E-state index contributed by atoms with van der Waals surface area (Å²) in [5, 5.41) is 0. The molecule has 0 radical (unpaired) electrons.